The maximum absolute atomic E-state index is 9.69. The van der Waals surface area contributed by atoms with E-state index in [1.807, 2.05) is 12.1 Å². The van der Waals surface area contributed by atoms with Gasteiger partial charge in [0.1, 0.15) is 0 Å². The van der Waals surface area contributed by atoms with E-state index in [2.05, 4.69) is 168 Å². The number of aromatic nitrogens is 2. The first kappa shape index (κ1) is 27.0. The van der Waals surface area contributed by atoms with Crippen molar-refractivity contribution in [1.29, 1.82) is 5.26 Å². The molecule has 0 bridgehead atoms. The number of para-hydroxylation sites is 3. The molecule has 47 heavy (non-hydrogen) atoms. The van der Waals surface area contributed by atoms with Crippen molar-refractivity contribution >= 4 is 43.6 Å². The predicted molar refractivity (Wildman–Crippen MR) is 195 cm³/mol. The third kappa shape index (κ3) is 4.20. The van der Waals surface area contributed by atoms with Gasteiger partial charge in [-0.15, -0.1) is 0 Å². The Labute approximate surface area is 272 Å². The lowest BCUT2D eigenvalue weighted by molar-refractivity contribution is 1.17. The summed E-state index contributed by atoms with van der Waals surface area (Å²) in [7, 11) is 0. The molecule has 0 amide bonds. The van der Waals surface area contributed by atoms with Gasteiger partial charge >= 0.3 is 0 Å². The van der Waals surface area contributed by atoms with Crippen LogP contribution < -0.4 is 0 Å². The van der Waals surface area contributed by atoms with Crippen molar-refractivity contribution in [2.45, 2.75) is 6.92 Å². The average Bonchev–Trinajstić information content (AvgIpc) is 3.63. The lowest BCUT2D eigenvalue weighted by Crippen LogP contribution is -2.01. The Bertz CT molecular complexity index is 2650. The lowest BCUT2D eigenvalue weighted by Gasteiger charge is -2.20. The van der Waals surface area contributed by atoms with Crippen LogP contribution in [0.1, 0.15) is 11.1 Å². The van der Waals surface area contributed by atoms with Gasteiger partial charge in [-0.2, -0.15) is 5.26 Å². The van der Waals surface area contributed by atoms with Gasteiger partial charge in [0.25, 0.3) is 0 Å². The van der Waals surface area contributed by atoms with Gasteiger partial charge in [0.2, 0.25) is 0 Å². The Hall–Kier alpha value is -6.37. The molecular formula is C44H29N3. The van der Waals surface area contributed by atoms with E-state index in [-0.39, 0.29) is 0 Å². The molecule has 0 unspecified atom stereocenters. The van der Waals surface area contributed by atoms with Crippen LogP contribution in [0.2, 0.25) is 0 Å². The molecular weight excluding hydrogens is 571 g/mol. The second-order valence-electron chi connectivity index (χ2n) is 12.2. The largest absolute Gasteiger partial charge is 0.309 e. The molecule has 0 spiro atoms. The Balaban J connectivity index is 1.35. The molecule has 0 atom stereocenters. The fraction of sp³-hybridized carbons (Fsp3) is 0.0227. The minimum atomic E-state index is 0.667. The van der Waals surface area contributed by atoms with E-state index in [9.17, 15) is 5.26 Å². The second-order valence-corrected chi connectivity index (χ2v) is 12.2. The Morgan fingerprint density at radius 2 is 1.02 bits per heavy atom. The molecule has 0 aliphatic heterocycles. The highest BCUT2D eigenvalue weighted by molar-refractivity contribution is 6.11. The van der Waals surface area contributed by atoms with Crippen LogP contribution >= 0.6 is 0 Å². The maximum Gasteiger partial charge on any atom is 0.0991 e. The second kappa shape index (κ2) is 10.6. The van der Waals surface area contributed by atoms with Crippen LogP contribution in [0, 0.1) is 18.3 Å². The summed E-state index contributed by atoms with van der Waals surface area (Å²) in [5, 5.41) is 14.4. The summed E-state index contributed by atoms with van der Waals surface area (Å²) in [6.45, 7) is 2.12. The summed E-state index contributed by atoms with van der Waals surface area (Å²) >= 11 is 0. The molecule has 0 fully saturated rings. The van der Waals surface area contributed by atoms with Gasteiger partial charge in [0.15, 0.2) is 0 Å². The monoisotopic (exact) mass is 599 g/mol. The van der Waals surface area contributed by atoms with Crippen LogP contribution in [0.25, 0.3) is 77.2 Å². The van der Waals surface area contributed by atoms with Crippen LogP contribution in [0.3, 0.4) is 0 Å². The van der Waals surface area contributed by atoms with E-state index in [0.717, 1.165) is 44.3 Å². The molecule has 0 N–H and O–H groups in total. The highest BCUT2D eigenvalue weighted by Crippen LogP contribution is 2.42. The van der Waals surface area contributed by atoms with Gasteiger partial charge in [-0.25, -0.2) is 0 Å². The Morgan fingerprint density at radius 3 is 1.74 bits per heavy atom. The lowest BCUT2D eigenvalue weighted by atomic mass is 9.95. The number of aryl methyl sites for hydroxylation is 1. The quantitative estimate of drug-likeness (QED) is 0.198. The SMILES string of the molecule is Cc1ccc2c(c1)c1cc(C#N)ccc1n2-c1cccc(-c2cccc(-c3ccccc3)c2-n2c3ccccc3c3ccccc32)c1. The Morgan fingerprint density at radius 1 is 0.447 bits per heavy atom. The van der Waals surface area contributed by atoms with Crippen LogP contribution in [-0.2, 0) is 0 Å². The topological polar surface area (TPSA) is 33.6 Å². The smallest absolute Gasteiger partial charge is 0.0991 e. The summed E-state index contributed by atoms with van der Waals surface area (Å²) < 4.78 is 4.78. The zero-order valence-electron chi connectivity index (χ0n) is 25.9. The van der Waals surface area contributed by atoms with Crippen LogP contribution in [0.5, 0.6) is 0 Å². The van der Waals surface area contributed by atoms with Gasteiger partial charge in [0.05, 0.1) is 39.4 Å². The fourth-order valence-corrected chi connectivity index (χ4v) is 7.33. The van der Waals surface area contributed by atoms with Crippen LogP contribution in [0.15, 0.2) is 158 Å². The average molecular weight is 600 g/mol. The zero-order chi connectivity index (χ0) is 31.5. The molecule has 0 saturated carbocycles. The third-order valence-corrected chi connectivity index (χ3v) is 9.39. The normalized spacial score (nSPS) is 11.5. The van der Waals surface area contributed by atoms with Crippen molar-refractivity contribution in [3.05, 3.63) is 169 Å². The number of benzene rings is 7. The molecule has 7 aromatic carbocycles. The molecule has 9 rings (SSSR count). The van der Waals surface area contributed by atoms with Gasteiger partial charge in [-0.05, 0) is 72.6 Å². The molecule has 2 heterocycles. The van der Waals surface area contributed by atoms with Crippen molar-refractivity contribution in [3.63, 3.8) is 0 Å². The predicted octanol–water partition coefficient (Wildman–Crippen LogP) is 11.4. The van der Waals surface area contributed by atoms with Gasteiger partial charge < -0.3 is 9.13 Å². The number of nitriles is 1. The minimum Gasteiger partial charge on any atom is -0.309 e. The first-order valence-corrected chi connectivity index (χ1v) is 15.9. The summed E-state index contributed by atoms with van der Waals surface area (Å²) in [5.41, 5.74) is 13.3. The number of fused-ring (bicyclic) bond motifs is 6. The Kier molecular flexibility index (Phi) is 6.10. The highest BCUT2D eigenvalue weighted by atomic mass is 15.0. The van der Waals surface area contributed by atoms with Crippen molar-refractivity contribution in [2.24, 2.45) is 0 Å². The molecule has 0 aliphatic rings. The molecule has 3 heteroatoms. The van der Waals surface area contributed by atoms with E-state index in [4.69, 9.17) is 0 Å². The van der Waals surface area contributed by atoms with Crippen molar-refractivity contribution in [2.75, 3.05) is 0 Å². The number of rotatable bonds is 4. The standard InChI is InChI=1S/C44H29N3/c1-29-21-23-42-38(25-29)39-26-30(28-45)22-24-43(39)46(42)33-14-9-13-32(27-33)35-18-10-17-34(31-11-3-2-4-12-31)44(35)47-40-19-7-5-15-36(40)37-16-6-8-20-41(37)47/h2-27H,1H3. The van der Waals surface area contributed by atoms with Crippen molar-refractivity contribution in [3.8, 4) is 39.7 Å². The van der Waals surface area contributed by atoms with Crippen LogP contribution in [0.4, 0.5) is 0 Å². The fourth-order valence-electron chi connectivity index (χ4n) is 7.33. The number of hydrogen-bond donors (Lipinski definition) is 0. The molecule has 3 nitrogen and oxygen atoms in total. The van der Waals surface area contributed by atoms with E-state index >= 15 is 0 Å². The van der Waals surface area contributed by atoms with Gasteiger partial charge in [0, 0.05) is 38.4 Å². The third-order valence-electron chi connectivity index (χ3n) is 9.39. The number of hydrogen-bond acceptors (Lipinski definition) is 1. The summed E-state index contributed by atoms with van der Waals surface area (Å²) in [6, 6.07) is 58.6. The van der Waals surface area contributed by atoms with E-state index in [1.165, 1.54) is 38.5 Å². The minimum absolute atomic E-state index is 0.667. The molecule has 0 radical (unpaired) electrons. The molecule has 9 aromatic rings. The van der Waals surface area contributed by atoms with E-state index < -0.39 is 0 Å². The summed E-state index contributed by atoms with van der Waals surface area (Å²) in [5.74, 6) is 0. The van der Waals surface area contributed by atoms with Crippen LogP contribution in [-0.4, -0.2) is 9.13 Å². The van der Waals surface area contributed by atoms with Crippen molar-refractivity contribution < 1.29 is 0 Å². The highest BCUT2D eigenvalue weighted by Gasteiger charge is 2.20. The van der Waals surface area contributed by atoms with Gasteiger partial charge in [-0.1, -0.05) is 109 Å². The summed E-state index contributed by atoms with van der Waals surface area (Å²) in [4.78, 5) is 0. The molecule has 220 valence electrons. The first-order valence-electron chi connectivity index (χ1n) is 15.9. The molecule has 2 aromatic heterocycles. The van der Waals surface area contributed by atoms with E-state index in [1.54, 1.807) is 0 Å². The maximum atomic E-state index is 9.69. The summed E-state index contributed by atoms with van der Waals surface area (Å²) in [6.07, 6.45) is 0. The first-order chi connectivity index (χ1) is 23.2. The molecule has 0 aliphatic carbocycles. The molecule has 0 saturated heterocycles. The van der Waals surface area contributed by atoms with E-state index in [0.29, 0.717) is 5.56 Å². The number of nitrogens with zero attached hydrogens (tertiary/aromatic N) is 3. The van der Waals surface area contributed by atoms with Gasteiger partial charge in [-0.3, -0.25) is 0 Å². The zero-order valence-corrected chi connectivity index (χ0v) is 25.9. The van der Waals surface area contributed by atoms with Crippen molar-refractivity contribution in [1.82, 2.24) is 9.13 Å².